The molecule has 1 aromatic rings. The zero-order chi connectivity index (χ0) is 13.4. The summed E-state index contributed by atoms with van der Waals surface area (Å²) in [4.78, 5) is 13.7. The maximum Gasteiger partial charge on any atom is 0.259 e. The quantitative estimate of drug-likeness (QED) is 0.267. The van der Waals surface area contributed by atoms with E-state index in [0.29, 0.717) is 12.4 Å². The monoisotopic (exact) mass is 352 g/mol. The summed E-state index contributed by atoms with van der Waals surface area (Å²) in [6, 6.07) is 0. The van der Waals surface area contributed by atoms with Gasteiger partial charge < -0.3 is 5.32 Å². The number of nitrogens with zero attached hydrogens (tertiary/aromatic N) is 3. The Kier molecular flexibility index (Phi) is 7.21. The lowest BCUT2D eigenvalue weighted by atomic mass is 10.5. The first-order valence-electron chi connectivity index (χ1n) is 5.11. The Labute approximate surface area is 122 Å². The molecule has 0 aliphatic rings. The first kappa shape index (κ1) is 15.4. The molecule has 6 nitrogen and oxygen atoms in total. The molecule has 9 heteroatoms. The van der Waals surface area contributed by atoms with Crippen molar-refractivity contribution in [3.05, 3.63) is 25.7 Å². The fraction of sp³-hybridized carbons (Fsp3) is 0.556. The van der Waals surface area contributed by atoms with Gasteiger partial charge in [0.1, 0.15) is 0 Å². The third-order valence-corrected chi connectivity index (χ3v) is 4.58. The number of amidine groups is 1. The second-order valence-electron chi connectivity index (χ2n) is 3.25. The third-order valence-electron chi connectivity index (χ3n) is 1.96. The summed E-state index contributed by atoms with van der Waals surface area (Å²) in [5.41, 5.74) is 1.04. The molecule has 0 aliphatic carbocycles. The van der Waals surface area contributed by atoms with Crippen molar-refractivity contribution >= 4 is 45.1 Å². The standard InChI is InChI=1S/C9H13BrN4O2S2/c1-11-9(4-14(15)16)12-2-3-17-6-8-7(10)5-18-13-8/h5H,2-4,6H2,1H3,(H,11,12). The van der Waals surface area contributed by atoms with Crippen LogP contribution in [0.3, 0.4) is 0 Å². The lowest BCUT2D eigenvalue weighted by molar-refractivity contribution is -0.463. The summed E-state index contributed by atoms with van der Waals surface area (Å²) in [7, 11) is 1.55. The normalized spacial score (nSPS) is 11.6. The van der Waals surface area contributed by atoms with Crippen molar-refractivity contribution in [3.8, 4) is 0 Å². The van der Waals surface area contributed by atoms with Crippen LogP contribution in [-0.2, 0) is 5.75 Å². The molecule has 0 bridgehead atoms. The lowest BCUT2D eigenvalue weighted by Gasteiger charge is -2.05. The van der Waals surface area contributed by atoms with E-state index in [4.69, 9.17) is 0 Å². The predicted octanol–water partition coefficient (Wildman–Crippen LogP) is 2.03. The molecule has 0 atom stereocenters. The number of aliphatic imine (C=N–C) groups is 1. The molecule has 0 radical (unpaired) electrons. The van der Waals surface area contributed by atoms with E-state index in [1.54, 1.807) is 18.8 Å². The van der Waals surface area contributed by atoms with Crippen LogP contribution in [0.4, 0.5) is 0 Å². The van der Waals surface area contributed by atoms with E-state index in [1.165, 1.54) is 11.5 Å². The Morgan fingerprint density at radius 2 is 2.56 bits per heavy atom. The SMILES string of the molecule is CN=C(C[N+](=O)[O-])NCCSCc1nscc1Br. The molecule has 0 aliphatic heterocycles. The second-order valence-corrected chi connectivity index (χ2v) is 5.84. The minimum atomic E-state index is -0.394. The summed E-state index contributed by atoms with van der Waals surface area (Å²) in [5.74, 6) is 2.09. The highest BCUT2D eigenvalue weighted by Crippen LogP contribution is 2.21. The molecule has 0 saturated heterocycles. The van der Waals surface area contributed by atoms with E-state index in [9.17, 15) is 10.1 Å². The average molecular weight is 353 g/mol. The number of thioether (sulfide) groups is 1. The van der Waals surface area contributed by atoms with Gasteiger partial charge in [-0.05, 0) is 27.5 Å². The molecular formula is C9H13BrN4O2S2. The van der Waals surface area contributed by atoms with Gasteiger partial charge in [0, 0.05) is 35.4 Å². The zero-order valence-corrected chi connectivity index (χ0v) is 13.0. The van der Waals surface area contributed by atoms with Gasteiger partial charge in [0.25, 0.3) is 6.54 Å². The number of hydrogen-bond acceptors (Lipinski definition) is 6. The maximum atomic E-state index is 10.3. The van der Waals surface area contributed by atoms with Crippen molar-refractivity contribution in [3.63, 3.8) is 0 Å². The number of halogens is 1. The van der Waals surface area contributed by atoms with Crippen LogP contribution >= 0.6 is 39.2 Å². The average Bonchev–Trinajstić information content (AvgIpc) is 2.72. The van der Waals surface area contributed by atoms with E-state index in [2.05, 4.69) is 30.6 Å². The summed E-state index contributed by atoms with van der Waals surface area (Å²) >= 11 is 6.57. The number of nitro groups is 1. The van der Waals surface area contributed by atoms with Crippen molar-refractivity contribution in [2.75, 3.05) is 25.9 Å². The molecule has 1 N–H and O–H groups in total. The molecule has 100 valence electrons. The molecule has 0 unspecified atom stereocenters. The van der Waals surface area contributed by atoms with Crippen LogP contribution in [0.2, 0.25) is 0 Å². The summed E-state index contributed by atoms with van der Waals surface area (Å²) in [6.07, 6.45) is 0. The Morgan fingerprint density at radius 3 is 3.11 bits per heavy atom. The van der Waals surface area contributed by atoms with E-state index >= 15 is 0 Å². The molecule has 0 spiro atoms. The van der Waals surface area contributed by atoms with Crippen LogP contribution in [0.15, 0.2) is 14.8 Å². The van der Waals surface area contributed by atoms with E-state index < -0.39 is 4.92 Å². The molecule has 0 amide bonds. The molecule has 0 aromatic carbocycles. The van der Waals surface area contributed by atoms with Crippen LogP contribution in [0, 0.1) is 10.1 Å². The second kappa shape index (κ2) is 8.44. The summed E-state index contributed by atoms with van der Waals surface area (Å²) in [5, 5.41) is 15.2. The van der Waals surface area contributed by atoms with Crippen molar-refractivity contribution in [1.82, 2.24) is 9.69 Å². The van der Waals surface area contributed by atoms with Crippen LogP contribution in [0.25, 0.3) is 0 Å². The molecule has 0 saturated carbocycles. The molecule has 1 heterocycles. The summed E-state index contributed by atoms with van der Waals surface area (Å²) in [6.45, 7) is 0.408. The summed E-state index contributed by atoms with van der Waals surface area (Å²) < 4.78 is 5.28. The minimum Gasteiger partial charge on any atom is -0.368 e. The van der Waals surface area contributed by atoms with Crippen LogP contribution in [0.5, 0.6) is 0 Å². The number of hydrogen-bond donors (Lipinski definition) is 1. The van der Waals surface area contributed by atoms with Crippen molar-refractivity contribution < 1.29 is 4.92 Å². The lowest BCUT2D eigenvalue weighted by Crippen LogP contribution is -2.31. The largest absolute Gasteiger partial charge is 0.368 e. The van der Waals surface area contributed by atoms with Crippen molar-refractivity contribution in [1.29, 1.82) is 0 Å². The van der Waals surface area contributed by atoms with Crippen molar-refractivity contribution in [2.24, 2.45) is 4.99 Å². The molecule has 0 fully saturated rings. The Morgan fingerprint density at radius 1 is 1.78 bits per heavy atom. The van der Waals surface area contributed by atoms with Gasteiger partial charge in [0.15, 0.2) is 5.84 Å². The Balaban J connectivity index is 2.15. The fourth-order valence-electron chi connectivity index (χ4n) is 1.11. The van der Waals surface area contributed by atoms with Crippen molar-refractivity contribution in [2.45, 2.75) is 5.75 Å². The van der Waals surface area contributed by atoms with Gasteiger partial charge in [-0.1, -0.05) is 0 Å². The Bertz CT molecular complexity index is 424. The van der Waals surface area contributed by atoms with Crippen LogP contribution in [-0.4, -0.2) is 41.0 Å². The highest BCUT2D eigenvalue weighted by molar-refractivity contribution is 9.10. The predicted molar refractivity (Wildman–Crippen MR) is 79.2 cm³/mol. The van der Waals surface area contributed by atoms with E-state index in [1.807, 2.05) is 5.38 Å². The fourth-order valence-corrected chi connectivity index (χ4v) is 3.35. The van der Waals surface area contributed by atoms with Crippen LogP contribution < -0.4 is 5.32 Å². The third kappa shape index (κ3) is 5.78. The number of aromatic nitrogens is 1. The Hall–Kier alpha value is -0.670. The van der Waals surface area contributed by atoms with E-state index in [0.717, 1.165) is 21.7 Å². The highest BCUT2D eigenvalue weighted by atomic mass is 79.9. The molecule has 18 heavy (non-hydrogen) atoms. The first-order valence-corrected chi connectivity index (χ1v) is 7.89. The molecule has 1 rings (SSSR count). The van der Waals surface area contributed by atoms with Gasteiger partial charge in [-0.2, -0.15) is 16.1 Å². The van der Waals surface area contributed by atoms with Gasteiger partial charge in [-0.25, -0.2) is 0 Å². The number of rotatable bonds is 7. The first-order chi connectivity index (χ1) is 8.63. The maximum absolute atomic E-state index is 10.3. The molecular weight excluding hydrogens is 340 g/mol. The van der Waals surface area contributed by atoms with Gasteiger partial charge in [-0.3, -0.25) is 15.1 Å². The van der Waals surface area contributed by atoms with Gasteiger partial charge in [-0.15, -0.1) is 0 Å². The van der Waals surface area contributed by atoms with Crippen LogP contribution in [0.1, 0.15) is 5.69 Å². The van der Waals surface area contributed by atoms with Gasteiger partial charge in [0.2, 0.25) is 0 Å². The van der Waals surface area contributed by atoms with Gasteiger partial charge >= 0.3 is 0 Å². The minimum absolute atomic E-state index is 0.251. The number of nitrogens with one attached hydrogen (secondary N) is 1. The molecule has 1 aromatic heterocycles. The smallest absolute Gasteiger partial charge is 0.259 e. The van der Waals surface area contributed by atoms with E-state index in [-0.39, 0.29) is 6.54 Å². The topological polar surface area (TPSA) is 80.4 Å². The zero-order valence-electron chi connectivity index (χ0n) is 9.76. The highest BCUT2D eigenvalue weighted by Gasteiger charge is 2.06. The van der Waals surface area contributed by atoms with Gasteiger partial charge in [0.05, 0.1) is 10.2 Å².